The van der Waals surface area contributed by atoms with Gasteiger partial charge < -0.3 is 5.32 Å². The Morgan fingerprint density at radius 2 is 1.63 bits per heavy atom. The van der Waals surface area contributed by atoms with E-state index in [1.165, 1.54) is 58.0 Å². The van der Waals surface area contributed by atoms with Gasteiger partial charge in [-0.2, -0.15) is 0 Å². The zero-order valence-corrected chi connectivity index (χ0v) is 13.1. The van der Waals surface area contributed by atoms with Crippen LogP contribution < -0.4 is 5.32 Å². The lowest BCUT2D eigenvalue weighted by atomic mass is 9.86. The maximum atomic E-state index is 3.89. The van der Waals surface area contributed by atoms with E-state index >= 15 is 0 Å². The van der Waals surface area contributed by atoms with Crippen LogP contribution in [0.15, 0.2) is 0 Å². The summed E-state index contributed by atoms with van der Waals surface area (Å²) in [6.07, 6.45) is 9.89. The number of rotatable bonds is 6. The van der Waals surface area contributed by atoms with Gasteiger partial charge in [-0.3, -0.25) is 4.90 Å². The van der Waals surface area contributed by atoms with E-state index in [1.54, 1.807) is 0 Å². The van der Waals surface area contributed by atoms with Crippen LogP contribution in [0.2, 0.25) is 0 Å². The molecular formula is C17H32N2. The van der Waals surface area contributed by atoms with Gasteiger partial charge in [0.05, 0.1) is 0 Å². The van der Waals surface area contributed by atoms with E-state index in [4.69, 9.17) is 0 Å². The van der Waals surface area contributed by atoms with Crippen LogP contribution in [0.25, 0.3) is 0 Å². The van der Waals surface area contributed by atoms with Crippen LogP contribution in [0.4, 0.5) is 0 Å². The summed E-state index contributed by atoms with van der Waals surface area (Å²) in [4.78, 5) is 2.96. The van der Waals surface area contributed by atoms with Gasteiger partial charge >= 0.3 is 0 Å². The summed E-state index contributed by atoms with van der Waals surface area (Å²) in [5.41, 5.74) is 0.397. The first kappa shape index (κ1) is 13.9. The van der Waals surface area contributed by atoms with Crippen LogP contribution in [0.5, 0.6) is 0 Å². The number of nitrogens with zero attached hydrogens (tertiary/aromatic N) is 1. The Kier molecular flexibility index (Phi) is 3.92. The van der Waals surface area contributed by atoms with Crippen LogP contribution in [0.3, 0.4) is 0 Å². The third-order valence-corrected chi connectivity index (χ3v) is 6.08. The van der Waals surface area contributed by atoms with Gasteiger partial charge in [-0.1, -0.05) is 20.8 Å². The molecule has 2 nitrogen and oxygen atoms in total. The minimum atomic E-state index is 0.397. The molecule has 3 rings (SSSR count). The summed E-state index contributed by atoms with van der Waals surface area (Å²) in [6, 6.07) is 1.72. The number of piperazine rings is 1. The Morgan fingerprint density at radius 3 is 2.05 bits per heavy atom. The standard InChI is InChI=1S/C17H32N2/c1-4-15-11-18-17(5-2,6-3)12-19(15)16(13-7-8-13)14-9-10-14/h13-16,18H,4-12H2,1-3H3. The van der Waals surface area contributed by atoms with Gasteiger partial charge in [0.25, 0.3) is 0 Å². The molecule has 1 unspecified atom stereocenters. The van der Waals surface area contributed by atoms with Crippen molar-refractivity contribution in [3.63, 3.8) is 0 Å². The molecule has 0 amide bonds. The predicted octanol–water partition coefficient (Wildman–Crippen LogP) is 3.42. The second-order valence-electron chi connectivity index (χ2n) is 7.27. The highest BCUT2D eigenvalue weighted by Gasteiger charge is 2.49. The normalized spacial score (nSPS) is 31.9. The molecule has 1 saturated heterocycles. The van der Waals surface area contributed by atoms with E-state index in [-0.39, 0.29) is 0 Å². The Bertz CT molecular complexity index is 290. The van der Waals surface area contributed by atoms with Crippen molar-refractivity contribution in [1.29, 1.82) is 0 Å². The number of nitrogens with one attached hydrogen (secondary N) is 1. The molecule has 3 aliphatic rings. The molecule has 0 radical (unpaired) electrons. The Morgan fingerprint density at radius 1 is 1.05 bits per heavy atom. The maximum Gasteiger partial charge on any atom is 0.0304 e. The molecule has 0 spiro atoms. The third-order valence-electron chi connectivity index (χ3n) is 6.08. The lowest BCUT2D eigenvalue weighted by molar-refractivity contribution is 0.0185. The van der Waals surface area contributed by atoms with Gasteiger partial charge in [-0.25, -0.2) is 0 Å². The summed E-state index contributed by atoms with van der Waals surface area (Å²) in [5.74, 6) is 2.09. The van der Waals surface area contributed by atoms with Crippen molar-refractivity contribution >= 4 is 0 Å². The predicted molar refractivity (Wildman–Crippen MR) is 81.3 cm³/mol. The van der Waals surface area contributed by atoms with Gasteiger partial charge in [0.2, 0.25) is 0 Å². The molecule has 2 saturated carbocycles. The van der Waals surface area contributed by atoms with Crippen LogP contribution in [-0.4, -0.2) is 35.6 Å². The highest BCUT2D eigenvalue weighted by atomic mass is 15.3. The van der Waals surface area contributed by atoms with Crippen molar-refractivity contribution < 1.29 is 0 Å². The fourth-order valence-electron chi connectivity index (χ4n) is 4.24. The quantitative estimate of drug-likeness (QED) is 0.791. The Hall–Kier alpha value is -0.0800. The molecule has 1 heterocycles. The molecule has 0 bridgehead atoms. The molecule has 19 heavy (non-hydrogen) atoms. The van der Waals surface area contributed by atoms with Gasteiger partial charge in [-0.05, 0) is 56.8 Å². The van der Waals surface area contributed by atoms with Crippen LogP contribution in [-0.2, 0) is 0 Å². The van der Waals surface area contributed by atoms with E-state index < -0.39 is 0 Å². The highest BCUT2D eigenvalue weighted by molar-refractivity contribution is 5.05. The Balaban J connectivity index is 1.77. The minimum absolute atomic E-state index is 0.397. The van der Waals surface area contributed by atoms with Gasteiger partial charge in [0, 0.05) is 30.7 Å². The largest absolute Gasteiger partial charge is 0.308 e. The summed E-state index contributed by atoms with van der Waals surface area (Å²) in [6.45, 7) is 9.62. The fraction of sp³-hybridized carbons (Fsp3) is 1.00. The van der Waals surface area contributed by atoms with Crippen molar-refractivity contribution in [3.05, 3.63) is 0 Å². The van der Waals surface area contributed by atoms with E-state index in [2.05, 4.69) is 31.0 Å². The fourth-order valence-corrected chi connectivity index (χ4v) is 4.24. The Labute approximate surface area is 119 Å². The number of hydrogen-bond acceptors (Lipinski definition) is 2. The first-order valence-corrected chi connectivity index (χ1v) is 8.73. The average molecular weight is 264 g/mol. The zero-order chi connectivity index (χ0) is 13.5. The van der Waals surface area contributed by atoms with Crippen LogP contribution in [0, 0.1) is 11.8 Å². The van der Waals surface area contributed by atoms with Gasteiger partial charge in [-0.15, -0.1) is 0 Å². The topological polar surface area (TPSA) is 15.3 Å². The average Bonchev–Trinajstić information content (AvgIpc) is 3.33. The molecule has 1 aliphatic heterocycles. The molecule has 0 aromatic heterocycles. The molecule has 0 aromatic carbocycles. The van der Waals surface area contributed by atoms with Gasteiger partial charge in [0.1, 0.15) is 0 Å². The summed E-state index contributed by atoms with van der Waals surface area (Å²) < 4.78 is 0. The molecule has 110 valence electrons. The summed E-state index contributed by atoms with van der Waals surface area (Å²) in [5, 5.41) is 3.89. The first-order valence-electron chi connectivity index (χ1n) is 8.73. The summed E-state index contributed by atoms with van der Waals surface area (Å²) in [7, 11) is 0. The second-order valence-corrected chi connectivity index (χ2v) is 7.27. The van der Waals surface area contributed by atoms with Crippen LogP contribution in [0.1, 0.15) is 65.7 Å². The van der Waals surface area contributed by atoms with E-state index in [0.29, 0.717) is 5.54 Å². The van der Waals surface area contributed by atoms with Crippen LogP contribution >= 0.6 is 0 Å². The van der Waals surface area contributed by atoms with E-state index in [9.17, 15) is 0 Å². The van der Waals surface area contributed by atoms with Crippen molar-refractivity contribution in [2.24, 2.45) is 11.8 Å². The third kappa shape index (κ3) is 2.71. The van der Waals surface area contributed by atoms with Crippen molar-refractivity contribution in [2.75, 3.05) is 13.1 Å². The zero-order valence-electron chi connectivity index (χ0n) is 13.1. The highest BCUT2D eigenvalue weighted by Crippen LogP contribution is 2.48. The lowest BCUT2D eigenvalue weighted by Crippen LogP contribution is -2.66. The van der Waals surface area contributed by atoms with E-state index in [0.717, 1.165) is 23.9 Å². The van der Waals surface area contributed by atoms with E-state index in [1.807, 2.05) is 0 Å². The SMILES string of the molecule is CCC1CNC(CC)(CC)CN1C(C1CC1)C1CC1. The molecule has 3 fully saturated rings. The number of hydrogen-bond donors (Lipinski definition) is 1. The molecule has 2 aliphatic carbocycles. The molecule has 2 heteroatoms. The molecule has 0 aromatic rings. The van der Waals surface area contributed by atoms with Crippen molar-refractivity contribution in [3.8, 4) is 0 Å². The monoisotopic (exact) mass is 264 g/mol. The van der Waals surface area contributed by atoms with Gasteiger partial charge in [0.15, 0.2) is 0 Å². The molecular weight excluding hydrogens is 232 g/mol. The van der Waals surface area contributed by atoms with Crippen molar-refractivity contribution in [1.82, 2.24) is 10.2 Å². The first-order chi connectivity index (χ1) is 9.23. The lowest BCUT2D eigenvalue weighted by Gasteiger charge is -2.51. The second kappa shape index (κ2) is 5.37. The molecule has 1 atom stereocenters. The minimum Gasteiger partial charge on any atom is -0.308 e. The summed E-state index contributed by atoms with van der Waals surface area (Å²) >= 11 is 0. The molecule has 1 N–H and O–H groups in total. The maximum absolute atomic E-state index is 3.89. The van der Waals surface area contributed by atoms with Crippen molar-refractivity contribution in [2.45, 2.75) is 83.3 Å². The smallest absolute Gasteiger partial charge is 0.0304 e.